The van der Waals surface area contributed by atoms with Crippen LogP contribution in [-0.4, -0.2) is 10.9 Å². The Bertz CT molecular complexity index is 672. The standard InChI is InChI=1S/C13H7Br2F3N2O/c14-8-2-4-11(19-6-8)20-12(21)7-1-3-10(15)9(5-7)13(16,17)18/h1-6H,(H,19,20,21). The summed E-state index contributed by atoms with van der Waals surface area (Å²) < 4.78 is 39.0. The lowest BCUT2D eigenvalue weighted by atomic mass is 10.1. The minimum absolute atomic E-state index is 0.102. The molecule has 0 unspecified atom stereocenters. The lowest BCUT2D eigenvalue weighted by molar-refractivity contribution is -0.138. The third kappa shape index (κ3) is 4.04. The number of halogens is 5. The van der Waals surface area contributed by atoms with Gasteiger partial charge >= 0.3 is 6.18 Å². The number of nitrogens with zero attached hydrogens (tertiary/aromatic N) is 1. The van der Waals surface area contributed by atoms with Crippen molar-refractivity contribution in [2.75, 3.05) is 5.32 Å². The number of aromatic nitrogens is 1. The number of alkyl halides is 3. The molecule has 0 aliphatic heterocycles. The van der Waals surface area contributed by atoms with Crippen LogP contribution in [0.2, 0.25) is 0 Å². The van der Waals surface area contributed by atoms with Gasteiger partial charge in [0.2, 0.25) is 0 Å². The summed E-state index contributed by atoms with van der Waals surface area (Å²) in [6.07, 6.45) is -3.07. The highest BCUT2D eigenvalue weighted by Crippen LogP contribution is 2.35. The van der Waals surface area contributed by atoms with E-state index in [2.05, 4.69) is 42.2 Å². The minimum Gasteiger partial charge on any atom is -0.307 e. The van der Waals surface area contributed by atoms with Gasteiger partial charge in [0.25, 0.3) is 5.91 Å². The normalized spacial score (nSPS) is 11.3. The summed E-state index contributed by atoms with van der Waals surface area (Å²) in [5.74, 6) is -0.414. The third-order valence-corrected chi connectivity index (χ3v) is 3.66. The molecular weight excluding hydrogens is 417 g/mol. The molecule has 0 bridgehead atoms. The van der Waals surface area contributed by atoms with Crippen molar-refractivity contribution in [1.29, 1.82) is 0 Å². The Morgan fingerprint density at radius 2 is 1.86 bits per heavy atom. The van der Waals surface area contributed by atoms with Crippen LogP contribution in [0.15, 0.2) is 45.5 Å². The van der Waals surface area contributed by atoms with E-state index in [1.54, 1.807) is 6.07 Å². The van der Waals surface area contributed by atoms with Crippen LogP contribution in [0, 0.1) is 0 Å². The molecule has 0 atom stereocenters. The number of hydrogen-bond acceptors (Lipinski definition) is 2. The number of anilines is 1. The highest BCUT2D eigenvalue weighted by atomic mass is 79.9. The number of rotatable bonds is 2. The maximum absolute atomic E-state index is 12.8. The van der Waals surface area contributed by atoms with E-state index in [9.17, 15) is 18.0 Å². The Balaban J connectivity index is 2.25. The largest absolute Gasteiger partial charge is 0.417 e. The highest BCUT2D eigenvalue weighted by Gasteiger charge is 2.33. The molecule has 1 heterocycles. The van der Waals surface area contributed by atoms with Gasteiger partial charge in [-0.25, -0.2) is 4.98 Å². The monoisotopic (exact) mass is 422 g/mol. The predicted octanol–water partition coefficient (Wildman–Crippen LogP) is 4.88. The predicted molar refractivity (Wildman–Crippen MR) is 79.0 cm³/mol. The molecule has 1 aromatic carbocycles. The minimum atomic E-state index is -4.54. The molecule has 2 aromatic rings. The van der Waals surface area contributed by atoms with Crippen molar-refractivity contribution in [1.82, 2.24) is 4.98 Å². The topological polar surface area (TPSA) is 42.0 Å². The van der Waals surface area contributed by atoms with Gasteiger partial charge in [-0.3, -0.25) is 4.79 Å². The first-order valence-electron chi connectivity index (χ1n) is 5.57. The molecule has 0 aliphatic rings. The van der Waals surface area contributed by atoms with Crippen LogP contribution >= 0.6 is 31.9 Å². The van der Waals surface area contributed by atoms with Crippen molar-refractivity contribution < 1.29 is 18.0 Å². The molecule has 110 valence electrons. The van der Waals surface area contributed by atoms with Crippen LogP contribution < -0.4 is 5.32 Å². The van der Waals surface area contributed by atoms with E-state index in [-0.39, 0.29) is 15.9 Å². The van der Waals surface area contributed by atoms with Gasteiger partial charge in [-0.05, 0) is 46.3 Å². The summed E-state index contributed by atoms with van der Waals surface area (Å²) in [4.78, 5) is 15.9. The summed E-state index contributed by atoms with van der Waals surface area (Å²) in [6, 6.07) is 6.47. The van der Waals surface area contributed by atoms with E-state index in [1.165, 1.54) is 24.4 Å². The first-order chi connectivity index (χ1) is 9.77. The number of pyridine rings is 1. The summed E-state index contributed by atoms with van der Waals surface area (Å²) in [6.45, 7) is 0. The van der Waals surface area contributed by atoms with Gasteiger partial charge < -0.3 is 5.32 Å². The Morgan fingerprint density at radius 3 is 2.43 bits per heavy atom. The summed E-state index contributed by atoms with van der Waals surface area (Å²) in [7, 11) is 0. The smallest absolute Gasteiger partial charge is 0.307 e. The number of carbonyl (C=O) groups excluding carboxylic acids is 1. The molecule has 3 nitrogen and oxygen atoms in total. The van der Waals surface area contributed by atoms with Crippen molar-refractivity contribution in [3.63, 3.8) is 0 Å². The zero-order valence-electron chi connectivity index (χ0n) is 10.2. The number of benzene rings is 1. The number of nitrogens with one attached hydrogen (secondary N) is 1. The first kappa shape index (κ1) is 16.0. The van der Waals surface area contributed by atoms with Gasteiger partial charge in [0, 0.05) is 20.7 Å². The maximum Gasteiger partial charge on any atom is 0.417 e. The number of carbonyl (C=O) groups is 1. The molecule has 0 fully saturated rings. The second kappa shape index (κ2) is 6.15. The van der Waals surface area contributed by atoms with Crippen LogP contribution in [0.25, 0.3) is 0 Å². The zero-order valence-corrected chi connectivity index (χ0v) is 13.4. The van der Waals surface area contributed by atoms with Gasteiger partial charge in [0.15, 0.2) is 0 Å². The number of hydrogen-bond donors (Lipinski definition) is 1. The zero-order chi connectivity index (χ0) is 15.6. The molecule has 0 spiro atoms. The van der Waals surface area contributed by atoms with Crippen LogP contribution in [-0.2, 0) is 6.18 Å². The lowest BCUT2D eigenvalue weighted by Crippen LogP contribution is -2.15. The summed E-state index contributed by atoms with van der Waals surface area (Å²) >= 11 is 6.01. The molecule has 0 radical (unpaired) electrons. The molecule has 2 rings (SSSR count). The molecule has 0 saturated heterocycles. The van der Waals surface area contributed by atoms with E-state index < -0.39 is 17.6 Å². The van der Waals surface area contributed by atoms with Crippen molar-refractivity contribution in [3.05, 3.63) is 56.6 Å². The van der Waals surface area contributed by atoms with Crippen LogP contribution in [0.4, 0.5) is 19.0 Å². The van der Waals surface area contributed by atoms with Crippen LogP contribution in [0.5, 0.6) is 0 Å². The SMILES string of the molecule is O=C(Nc1ccc(Br)cn1)c1ccc(Br)c(C(F)(F)F)c1. The Labute approximate surface area is 134 Å². The highest BCUT2D eigenvalue weighted by molar-refractivity contribution is 9.10. The van der Waals surface area contributed by atoms with Gasteiger partial charge in [-0.15, -0.1) is 0 Å². The number of amides is 1. The second-order valence-electron chi connectivity index (χ2n) is 4.01. The van der Waals surface area contributed by atoms with Gasteiger partial charge in [0.1, 0.15) is 5.82 Å². The van der Waals surface area contributed by atoms with Crippen molar-refractivity contribution in [3.8, 4) is 0 Å². The molecular formula is C13H7Br2F3N2O. The average Bonchev–Trinajstić information content (AvgIpc) is 2.40. The van der Waals surface area contributed by atoms with E-state index >= 15 is 0 Å². The molecule has 0 aliphatic carbocycles. The van der Waals surface area contributed by atoms with E-state index in [4.69, 9.17) is 0 Å². The molecule has 1 aromatic heterocycles. The van der Waals surface area contributed by atoms with Crippen molar-refractivity contribution >= 4 is 43.6 Å². The van der Waals surface area contributed by atoms with Gasteiger partial charge in [-0.2, -0.15) is 13.2 Å². The fraction of sp³-hybridized carbons (Fsp3) is 0.0769. The fourth-order valence-corrected chi connectivity index (χ4v) is 2.23. The van der Waals surface area contributed by atoms with E-state index in [1.807, 2.05) is 0 Å². The summed E-state index contributed by atoms with van der Waals surface area (Å²) in [5.41, 5.74) is -1.01. The van der Waals surface area contributed by atoms with Gasteiger partial charge in [-0.1, -0.05) is 15.9 Å². The van der Waals surface area contributed by atoms with E-state index in [0.29, 0.717) is 0 Å². The Hall–Kier alpha value is -1.41. The maximum atomic E-state index is 12.8. The van der Waals surface area contributed by atoms with Crippen LogP contribution in [0.1, 0.15) is 15.9 Å². The Kier molecular flexibility index (Phi) is 4.67. The lowest BCUT2D eigenvalue weighted by Gasteiger charge is -2.11. The molecule has 0 saturated carbocycles. The summed E-state index contributed by atoms with van der Waals surface area (Å²) in [5, 5.41) is 2.43. The Morgan fingerprint density at radius 1 is 1.14 bits per heavy atom. The van der Waals surface area contributed by atoms with Crippen molar-refractivity contribution in [2.24, 2.45) is 0 Å². The average molecular weight is 424 g/mol. The molecule has 1 amide bonds. The van der Waals surface area contributed by atoms with Gasteiger partial charge in [0.05, 0.1) is 5.56 Å². The van der Waals surface area contributed by atoms with Crippen LogP contribution in [0.3, 0.4) is 0 Å². The molecule has 21 heavy (non-hydrogen) atoms. The van der Waals surface area contributed by atoms with E-state index in [0.717, 1.165) is 10.5 Å². The third-order valence-electron chi connectivity index (χ3n) is 2.50. The quantitative estimate of drug-likeness (QED) is 0.748. The second-order valence-corrected chi connectivity index (χ2v) is 5.78. The first-order valence-corrected chi connectivity index (χ1v) is 7.15. The molecule has 8 heteroatoms. The molecule has 1 N–H and O–H groups in total. The van der Waals surface area contributed by atoms with Crippen molar-refractivity contribution in [2.45, 2.75) is 6.18 Å². The fourth-order valence-electron chi connectivity index (χ4n) is 1.52.